The van der Waals surface area contributed by atoms with Crippen molar-refractivity contribution in [3.8, 4) is 6.07 Å². The van der Waals surface area contributed by atoms with Crippen molar-refractivity contribution in [3.63, 3.8) is 0 Å². The summed E-state index contributed by atoms with van der Waals surface area (Å²) in [6, 6.07) is 2.25. The highest BCUT2D eigenvalue weighted by Crippen LogP contribution is 2.29. The highest BCUT2D eigenvalue weighted by molar-refractivity contribution is 6.31. The van der Waals surface area contributed by atoms with Crippen LogP contribution in [0.4, 0.5) is 14.6 Å². The van der Waals surface area contributed by atoms with E-state index in [9.17, 15) is 18.9 Å². The van der Waals surface area contributed by atoms with Crippen LogP contribution in [0.1, 0.15) is 17.7 Å². The Morgan fingerprint density at radius 3 is 2.67 bits per heavy atom. The minimum atomic E-state index is -3.02. The second-order valence-electron chi connectivity index (χ2n) is 2.40. The number of pyridine rings is 1. The lowest BCUT2D eigenvalue weighted by Gasteiger charge is -1.99. The van der Waals surface area contributed by atoms with E-state index in [4.69, 9.17) is 16.9 Å². The van der Waals surface area contributed by atoms with E-state index >= 15 is 0 Å². The van der Waals surface area contributed by atoms with Crippen LogP contribution in [-0.4, -0.2) is 9.91 Å². The molecule has 78 valence electrons. The molecule has 0 radical (unpaired) electrons. The molecular formula is C7H2ClF2N3O2. The number of hydrogen-bond donors (Lipinski definition) is 0. The van der Waals surface area contributed by atoms with Gasteiger partial charge in [0.1, 0.15) is 6.07 Å². The first-order valence-electron chi connectivity index (χ1n) is 3.50. The molecule has 0 bridgehead atoms. The minimum Gasteiger partial charge on any atom is -0.358 e. The summed E-state index contributed by atoms with van der Waals surface area (Å²) in [6.07, 6.45) is -3.02. The Morgan fingerprint density at radius 1 is 1.67 bits per heavy atom. The maximum Gasteiger partial charge on any atom is 0.382 e. The van der Waals surface area contributed by atoms with Crippen LogP contribution in [0.2, 0.25) is 5.02 Å². The monoisotopic (exact) mass is 233 g/mol. The van der Waals surface area contributed by atoms with Crippen molar-refractivity contribution >= 4 is 17.4 Å². The van der Waals surface area contributed by atoms with Crippen LogP contribution in [0, 0.1) is 21.4 Å². The summed E-state index contributed by atoms with van der Waals surface area (Å²) in [5.41, 5.74) is -1.35. The Hall–Kier alpha value is -1.81. The van der Waals surface area contributed by atoms with Gasteiger partial charge in [0.05, 0.1) is 5.02 Å². The third kappa shape index (κ3) is 2.16. The molecule has 0 spiro atoms. The Labute approximate surface area is 87.1 Å². The highest BCUT2D eigenvalue weighted by Gasteiger charge is 2.26. The summed E-state index contributed by atoms with van der Waals surface area (Å²) in [5, 5.41) is 18.4. The summed E-state index contributed by atoms with van der Waals surface area (Å²) >= 11 is 5.36. The number of aromatic nitrogens is 1. The molecule has 0 amide bonds. The fourth-order valence-corrected chi connectivity index (χ4v) is 1.10. The lowest BCUT2D eigenvalue weighted by atomic mass is 10.2. The van der Waals surface area contributed by atoms with Gasteiger partial charge in [-0.15, -0.1) is 0 Å². The van der Waals surface area contributed by atoms with Crippen LogP contribution < -0.4 is 0 Å². The average molecular weight is 234 g/mol. The summed E-state index contributed by atoms with van der Waals surface area (Å²) < 4.78 is 24.5. The second-order valence-corrected chi connectivity index (χ2v) is 2.80. The fraction of sp³-hybridized carbons (Fsp3) is 0.143. The Morgan fingerprint density at radius 2 is 2.27 bits per heavy atom. The zero-order valence-electron chi connectivity index (χ0n) is 6.95. The lowest BCUT2D eigenvalue weighted by molar-refractivity contribution is -0.390. The molecule has 1 aromatic heterocycles. The molecule has 0 saturated heterocycles. The number of alkyl halides is 2. The first-order chi connectivity index (χ1) is 6.97. The van der Waals surface area contributed by atoms with Gasteiger partial charge < -0.3 is 10.1 Å². The van der Waals surface area contributed by atoms with E-state index in [0.29, 0.717) is 0 Å². The molecule has 1 rings (SSSR count). The van der Waals surface area contributed by atoms with Gasteiger partial charge in [-0.1, -0.05) is 11.6 Å². The standard InChI is InChI=1S/C7H2ClF2N3O2/c8-4-1-3(2-11)7(13(14)15)12-5(4)6(9)10/h1,6H. The van der Waals surface area contributed by atoms with E-state index < -0.39 is 33.4 Å². The SMILES string of the molecule is N#Cc1cc(Cl)c(C(F)F)nc1[N+](=O)[O-]. The fourth-order valence-electron chi connectivity index (χ4n) is 0.867. The predicted octanol–water partition coefficient (Wildman–Crippen LogP) is 2.45. The van der Waals surface area contributed by atoms with Gasteiger partial charge in [-0.05, 0) is 16.0 Å². The topological polar surface area (TPSA) is 79.8 Å². The normalized spacial score (nSPS) is 10.1. The summed E-state index contributed by atoms with van der Waals surface area (Å²) in [7, 11) is 0. The first kappa shape index (κ1) is 11.3. The van der Waals surface area contributed by atoms with Gasteiger partial charge in [-0.3, -0.25) is 0 Å². The van der Waals surface area contributed by atoms with E-state index in [2.05, 4.69) is 4.98 Å². The Kier molecular flexibility index (Phi) is 3.11. The molecule has 0 fully saturated rings. The number of halogens is 3. The number of nitriles is 1. The summed E-state index contributed by atoms with van der Waals surface area (Å²) in [5.74, 6) is -0.919. The molecule has 0 N–H and O–H groups in total. The number of nitrogens with zero attached hydrogens (tertiary/aromatic N) is 3. The summed E-state index contributed by atoms with van der Waals surface area (Å²) in [6.45, 7) is 0. The molecule has 0 saturated carbocycles. The minimum absolute atomic E-state index is 0.450. The molecule has 5 nitrogen and oxygen atoms in total. The van der Waals surface area contributed by atoms with E-state index in [1.165, 1.54) is 6.07 Å². The van der Waals surface area contributed by atoms with Crippen LogP contribution in [0.5, 0.6) is 0 Å². The lowest BCUT2D eigenvalue weighted by Crippen LogP contribution is -2.01. The largest absolute Gasteiger partial charge is 0.382 e. The highest BCUT2D eigenvalue weighted by atomic mass is 35.5. The number of nitro groups is 1. The first-order valence-corrected chi connectivity index (χ1v) is 3.88. The smallest absolute Gasteiger partial charge is 0.358 e. The third-order valence-electron chi connectivity index (χ3n) is 1.48. The predicted molar refractivity (Wildman–Crippen MR) is 45.6 cm³/mol. The van der Waals surface area contributed by atoms with Crippen molar-refractivity contribution in [2.45, 2.75) is 6.43 Å². The van der Waals surface area contributed by atoms with Crippen LogP contribution in [0.25, 0.3) is 0 Å². The molecule has 0 atom stereocenters. The van der Waals surface area contributed by atoms with Gasteiger partial charge in [0.15, 0.2) is 5.56 Å². The molecule has 0 aliphatic heterocycles. The van der Waals surface area contributed by atoms with Crippen molar-refractivity contribution in [2.75, 3.05) is 0 Å². The van der Waals surface area contributed by atoms with Crippen molar-refractivity contribution < 1.29 is 13.7 Å². The molecular weight excluding hydrogens is 232 g/mol. The molecule has 1 aromatic rings. The van der Waals surface area contributed by atoms with Crippen LogP contribution in [-0.2, 0) is 0 Å². The van der Waals surface area contributed by atoms with E-state index in [1.807, 2.05) is 0 Å². The second kappa shape index (κ2) is 4.14. The zero-order chi connectivity index (χ0) is 11.6. The molecule has 0 aromatic carbocycles. The van der Waals surface area contributed by atoms with Gasteiger partial charge in [0.2, 0.25) is 5.69 Å². The number of rotatable bonds is 2. The van der Waals surface area contributed by atoms with Crippen LogP contribution >= 0.6 is 11.6 Å². The molecule has 0 aliphatic carbocycles. The van der Waals surface area contributed by atoms with Gasteiger partial charge in [-0.25, -0.2) is 8.78 Å². The third-order valence-corrected chi connectivity index (χ3v) is 1.79. The zero-order valence-corrected chi connectivity index (χ0v) is 7.70. The molecule has 15 heavy (non-hydrogen) atoms. The quantitative estimate of drug-likeness (QED) is 0.580. The van der Waals surface area contributed by atoms with Crippen LogP contribution in [0.3, 0.4) is 0 Å². The van der Waals surface area contributed by atoms with Crippen molar-refractivity contribution in [1.29, 1.82) is 5.26 Å². The van der Waals surface area contributed by atoms with Crippen molar-refractivity contribution in [3.05, 3.63) is 32.5 Å². The maximum absolute atomic E-state index is 12.3. The average Bonchev–Trinajstić information content (AvgIpc) is 2.16. The van der Waals surface area contributed by atoms with E-state index in [-0.39, 0.29) is 0 Å². The van der Waals surface area contributed by atoms with Crippen LogP contribution in [0.15, 0.2) is 6.07 Å². The molecule has 1 heterocycles. The van der Waals surface area contributed by atoms with Gasteiger partial charge >= 0.3 is 12.2 Å². The van der Waals surface area contributed by atoms with Gasteiger partial charge in [0, 0.05) is 0 Å². The molecule has 0 aliphatic rings. The van der Waals surface area contributed by atoms with Crippen molar-refractivity contribution in [2.24, 2.45) is 0 Å². The van der Waals surface area contributed by atoms with E-state index in [1.54, 1.807) is 0 Å². The molecule has 8 heteroatoms. The van der Waals surface area contributed by atoms with Gasteiger partial charge in [0.25, 0.3) is 0 Å². The summed E-state index contributed by atoms with van der Waals surface area (Å²) in [4.78, 5) is 12.4. The Balaban J connectivity index is 3.45. The van der Waals surface area contributed by atoms with E-state index in [0.717, 1.165) is 6.07 Å². The van der Waals surface area contributed by atoms with Gasteiger partial charge in [-0.2, -0.15) is 5.26 Å². The number of hydrogen-bond acceptors (Lipinski definition) is 4. The Bertz CT molecular complexity index is 458. The molecule has 0 unspecified atom stereocenters. The maximum atomic E-state index is 12.3. The van der Waals surface area contributed by atoms with Crippen molar-refractivity contribution in [1.82, 2.24) is 4.98 Å².